The summed E-state index contributed by atoms with van der Waals surface area (Å²) >= 11 is 0. The Kier molecular flexibility index (Phi) is 3.26. The minimum atomic E-state index is -0.460. The van der Waals surface area contributed by atoms with Crippen LogP contribution in [0.3, 0.4) is 0 Å². The maximum atomic E-state index is 12.9. The Hall–Kier alpha value is -1.94. The van der Waals surface area contributed by atoms with Crippen LogP contribution in [0.25, 0.3) is 0 Å². The lowest BCUT2D eigenvalue weighted by molar-refractivity contribution is -0.132. The number of aliphatic hydroxyl groups excluding tert-OH is 1. The van der Waals surface area contributed by atoms with Crippen molar-refractivity contribution in [3.05, 3.63) is 45.8 Å². The summed E-state index contributed by atoms with van der Waals surface area (Å²) < 4.78 is 5.90. The predicted molar refractivity (Wildman–Crippen MR) is 89.0 cm³/mol. The predicted octanol–water partition coefficient (Wildman–Crippen LogP) is 2.79. The topological polar surface area (TPSA) is 63.6 Å². The fourth-order valence-corrected chi connectivity index (χ4v) is 4.48. The van der Waals surface area contributed by atoms with Crippen molar-refractivity contribution >= 4 is 11.6 Å². The smallest absolute Gasteiger partial charge is 0.234 e. The third-order valence-electron chi connectivity index (χ3n) is 5.91. The van der Waals surface area contributed by atoms with E-state index in [1.165, 1.54) is 5.57 Å². The molecule has 0 saturated carbocycles. The van der Waals surface area contributed by atoms with Crippen molar-refractivity contribution in [2.45, 2.75) is 46.1 Å². The van der Waals surface area contributed by atoms with Crippen molar-refractivity contribution in [3.63, 3.8) is 0 Å². The van der Waals surface area contributed by atoms with Crippen LogP contribution >= 0.6 is 0 Å². The van der Waals surface area contributed by atoms with Crippen LogP contribution in [0, 0.1) is 11.3 Å². The molecule has 1 aliphatic heterocycles. The molecule has 0 saturated heterocycles. The lowest BCUT2D eigenvalue weighted by atomic mass is 9.66. The number of ether oxygens (including phenoxy) is 1. The summed E-state index contributed by atoms with van der Waals surface area (Å²) in [6.45, 7) is 6.07. The van der Waals surface area contributed by atoms with E-state index in [2.05, 4.69) is 19.9 Å². The van der Waals surface area contributed by atoms with Gasteiger partial charge in [-0.2, -0.15) is 0 Å². The second kappa shape index (κ2) is 5.03. The van der Waals surface area contributed by atoms with Gasteiger partial charge in [0.15, 0.2) is 0 Å². The van der Waals surface area contributed by atoms with E-state index in [1.54, 1.807) is 0 Å². The first kappa shape index (κ1) is 15.6. The molecule has 4 aliphatic rings. The average Bonchev–Trinajstić information content (AvgIpc) is 2.88. The maximum absolute atomic E-state index is 12.9. The first-order valence-electron chi connectivity index (χ1n) is 8.61. The molecule has 0 spiro atoms. The number of hydrogen-bond acceptors (Lipinski definition) is 4. The molecule has 0 aromatic carbocycles. The van der Waals surface area contributed by atoms with Crippen LogP contribution in [0.1, 0.15) is 40.0 Å². The zero-order valence-electron chi connectivity index (χ0n) is 14.3. The Labute approximate surface area is 141 Å². The molecule has 0 aromatic heterocycles. The van der Waals surface area contributed by atoms with Gasteiger partial charge < -0.3 is 9.84 Å². The first-order valence-corrected chi connectivity index (χ1v) is 8.61. The molecule has 1 heterocycles. The molecule has 4 nitrogen and oxygen atoms in total. The van der Waals surface area contributed by atoms with E-state index in [-0.39, 0.29) is 17.9 Å². The van der Waals surface area contributed by atoms with Gasteiger partial charge >= 0.3 is 0 Å². The second-order valence-corrected chi connectivity index (χ2v) is 7.76. The highest BCUT2D eigenvalue weighted by Crippen LogP contribution is 2.51. The van der Waals surface area contributed by atoms with Crippen LogP contribution in [-0.4, -0.2) is 29.4 Å². The highest BCUT2D eigenvalue weighted by Gasteiger charge is 2.48. The van der Waals surface area contributed by atoms with Crippen molar-refractivity contribution in [3.8, 4) is 0 Å². The Morgan fingerprint density at radius 2 is 2.00 bits per heavy atom. The van der Waals surface area contributed by atoms with Gasteiger partial charge in [-0.25, -0.2) is 0 Å². The molecule has 2 unspecified atom stereocenters. The van der Waals surface area contributed by atoms with Gasteiger partial charge in [-0.15, -0.1) is 0 Å². The van der Waals surface area contributed by atoms with Gasteiger partial charge in [0.2, 0.25) is 11.6 Å². The Balaban J connectivity index is 1.91. The molecule has 4 heteroatoms. The molecule has 0 bridgehead atoms. The van der Waals surface area contributed by atoms with Crippen molar-refractivity contribution in [1.82, 2.24) is 0 Å². The summed E-state index contributed by atoms with van der Waals surface area (Å²) in [7, 11) is 0. The van der Waals surface area contributed by atoms with Crippen LogP contribution < -0.4 is 0 Å². The molecule has 0 aromatic rings. The van der Waals surface area contributed by atoms with Crippen molar-refractivity contribution in [2.75, 3.05) is 6.61 Å². The number of carbonyl (C=O) groups is 2. The SMILES string of the molecule is CC1C2=C(OC1CO)C1=C(C(=O)C2=O)C2=C(CC1)C(C)(C)CC=C2. The van der Waals surface area contributed by atoms with Gasteiger partial charge in [-0.05, 0) is 30.3 Å². The Morgan fingerprint density at radius 1 is 1.25 bits per heavy atom. The van der Waals surface area contributed by atoms with E-state index in [4.69, 9.17) is 4.74 Å². The summed E-state index contributed by atoms with van der Waals surface area (Å²) in [6, 6.07) is 0. The van der Waals surface area contributed by atoms with Crippen molar-refractivity contribution in [2.24, 2.45) is 11.3 Å². The van der Waals surface area contributed by atoms with Crippen molar-refractivity contribution < 1.29 is 19.4 Å². The lowest BCUT2D eigenvalue weighted by Crippen LogP contribution is -2.32. The van der Waals surface area contributed by atoms with Crippen LogP contribution in [0.15, 0.2) is 45.8 Å². The van der Waals surface area contributed by atoms with Gasteiger partial charge in [0, 0.05) is 17.1 Å². The number of Topliss-reactive ketones (excluding diaryl/α,β-unsaturated/α-hetero) is 2. The Bertz CT molecular complexity index is 788. The molecule has 24 heavy (non-hydrogen) atoms. The third-order valence-corrected chi connectivity index (χ3v) is 5.91. The van der Waals surface area contributed by atoms with Crippen molar-refractivity contribution in [1.29, 1.82) is 0 Å². The van der Waals surface area contributed by atoms with Crippen LogP contribution in [0.2, 0.25) is 0 Å². The highest BCUT2D eigenvalue weighted by molar-refractivity contribution is 6.51. The minimum absolute atomic E-state index is 0.0120. The number of allylic oxidation sites excluding steroid dienone is 6. The molecule has 4 rings (SSSR count). The summed E-state index contributed by atoms with van der Waals surface area (Å²) in [6.07, 6.45) is 6.19. The summed E-state index contributed by atoms with van der Waals surface area (Å²) in [5, 5.41) is 9.50. The van der Waals surface area contributed by atoms with E-state index < -0.39 is 17.7 Å². The van der Waals surface area contributed by atoms with E-state index in [0.717, 1.165) is 24.0 Å². The average molecular weight is 326 g/mol. The summed E-state index contributed by atoms with van der Waals surface area (Å²) in [4.78, 5) is 25.6. The molecule has 1 N–H and O–H groups in total. The molecule has 3 aliphatic carbocycles. The van der Waals surface area contributed by atoms with E-state index in [1.807, 2.05) is 13.0 Å². The minimum Gasteiger partial charge on any atom is -0.487 e. The van der Waals surface area contributed by atoms with Crippen LogP contribution in [0.5, 0.6) is 0 Å². The molecule has 126 valence electrons. The summed E-state index contributed by atoms with van der Waals surface area (Å²) in [5.74, 6) is -0.557. The number of hydrogen-bond donors (Lipinski definition) is 1. The van der Waals surface area contributed by atoms with Gasteiger partial charge in [-0.3, -0.25) is 9.59 Å². The van der Waals surface area contributed by atoms with E-state index in [0.29, 0.717) is 23.3 Å². The molecule has 0 radical (unpaired) electrons. The number of rotatable bonds is 1. The number of carbonyl (C=O) groups excluding carboxylic acids is 2. The molecule has 0 fully saturated rings. The zero-order valence-corrected chi connectivity index (χ0v) is 14.3. The van der Waals surface area contributed by atoms with Crippen LogP contribution in [0.4, 0.5) is 0 Å². The summed E-state index contributed by atoms with van der Waals surface area (Å²) in [5.41, 5.74) is 4.05. The Morgan fingerprint density at radius 3 is 2.71 bits per heavy atom. The fraction of sp³-hybridized carbons (Fsp3) is 0.500. The molecular weight excluding hydrogens is 304 g/mol. The standard InChI is InChI=1S/C20H22O4/c1-10-14(9-21)24-19-12-6-7-13-11(5-4-8-20(13,2)3)16(12)18(23)17(22)15(10)19/h4-5,10,14,21H,6-9H2,1-3H3. The second-order valence-electron chi connectivity index (χ2n) is 7.76. The van der Waals surface area contributed by atoms with Crippen LogP contribution in [-0.2, 0) is 14.3 Å². The van der Waals surface area contributed by atoms with Gasteiger partial charge in [0.25, 0.3) is 0 Å². The van der Waals surface area contributed by atoms with E-state index >= 15 is 0 Å². The number of ketones is 2. The quantitative estimate of drug-likeness (QED) is 0.594. The maximum Gasteiger partial charge on any atom is 0.234 e. The molecular formula is C20H22O4. The number of aliphatic hydroxyl groups is 1. The monoisotopic (exact) mass is 326 g/mol. The van der Waals surface area contributed by atoms with Gasteiger partial charge in [-0.1, -0.05) is 38.5 Å². The number of fused-ring (bicyclic) bond motifs is 2. The van der Waals surface area contributed by atoms with Gasteiger partial charge in [0.1, 0.15) is 11.9 Å². The van der Waals surface area contributed by atoms with Gasteiger partial charge in [0.05, 0.1) is 12.2 Å². The first-order chi connectivity index (χ1) is 11.4. The molecule has 0 amide bonds. The molecule has 2 atom stereocenters. The normalized spacial score (nSPS) is 31.2. The zero-order chi connectivity index (χ0) is 17.2. The highest BCUT2D eigenvalue weighted by atomic mass is 16.5. The lowest BCUT2D eigenvalue weighted by Gasteiger charge is -2.37. The largest absolute Gasteiger partial charge is 0.487 e. The van der Waals surface area contributed by atoms with E-state index in [9.17, 15) is 14.7 Å². The third kappa shape index (κ3) is 1.89. The fourth-order valence-electron chi connectivity index (χ4n) is 4.48.